The van der Waals surface area contributed by atoms with Gasteiger partial charge in [0.1, 0.15) is 25.3 Å². The van der Waals surface area contributed by atoms with Gasteiger partial charge >= 0.3 is 6.36 Å². The number of alkyl halides is 3. The molecule has 0 unspecified atom stereocenters. The highest BCUT2D eigenvalue weighted by Gasteiger charge is 2.31. The molecule has 0 aliphatic heterocycles. The molecule has 0 radical (unpaired) electrons. The SMILES string of the molecule is CC.CO/N=C(/C)c1cccc(C)c1CO/N=C(\C)c1ccc(OC(F)(F)F)cc1F.COC=O. The molecule has 194 valence electrons. The van der Waals surface area contributed by atoms with Crippen molar-refractivity contribution < 1.29 is 41.5 Å². The summed E-state index contributed by atoms with van der Waals surface area (Å²) in [7, 11) is 2.76. The number of nitrogens with zero attached hydrogens (tertiary/aromatic N) is 2. The molecule has 0 aliphatic rings. The summed E-state index contributed by atoms with van der Waals surface area (Å²) in [5.41, 5.74) is 3.42. The molecular weight excluding hydrogens is 472 g/mol. The van der Waals surface area contributed by atoms with E-state index in [0.29, 0.717) is 18.3 Å². The Bertz CT molecular complexity index is 992. The molecule has 2 aromatic carbocycles. The van der Waals surface area contributed by atoms with Crippen molar-refractivity contribution in [3.05, 3.63) is 64.5 Å². The summed E-state index contributed by atoms with van der Waals surface area (Å²) in [5.74, 6) is -1.55. The predicted octanol–water partition coefficient (Wildman–Crippen LogP) is 6.16. The topological polar surface area (TPSA) is 78.7 Å². The van der Waals surface area contributed by atoms with Gasteiger partial charge < -0.3 is 19.1 Å². The van der Waals surface area contributed by atoms with Crippen molar-refractivity contribution in [2.24, 2.45) is 10.3 Å². The van der Waals surface area contributed by atoms with Gasteiger partial charge in [0.15, 0.2) is 0 Å². The summed E-state index contributed by atoms with van der Waals surface area (Å²) in [4.78, 5) is 19.1. The molecule has 2 aromatic rings. The molecule has 2 rings (SSSR count). The van der Waals surface area contributed by atoms with E-state index in [1.54, 1.807) is 6.92 Å². The Morgan fingerprint density at radius 2 is 1.60 bits per heavy atom. The van der Waals surface area contributed by atoms with Crippen LogP contribution < -0.4 is 4.74 Å². The largest absolute Gasteiger partial charge is 0.573 e. The first-order valence-electron chi connectivity index (χ1n) is 10.4. The van der Waals surface area contributed by atoms with Crippen molar-refractivity contribution in [2.45, 2.75) is 47.6 Å². The van der Waals surface area contributed by atoms with Gasteiger partial charge in [-0.15, -0.1) is 13.2 Å². The summed E-state index contributed by atoms with van der Waals surface area (Å²) in [5, 5.41) is 7.80. The summed E-state index contributed by atoms with van der Waals surface area (Å²) in [6.45, 7) is 9.64. The number of halogens is 4. The van der Waals surface area contributed by atoms with Crippen molar-refractivity contribution in [3.8, 4) is 5.75 Å². The molecule has 0 fully saturated rings. The molecule has 0 N–H and O–H groups in total. The van der Waals surface area contributed by atoms with Crippen LogP contribution in [0.5, 0.6) is 5.75 Å². The van der Waals surface area contributed by atoms with E-state index in [-0.39, 0.29) is 17.9 Å². The maximum atomic E-state index is 14.1. The number of rotatable bonds is 8. The Morgan fingerprint density at radius 1 is 1.00 bits per heavy atom. The molecule has 0 bridgehead atoms. The second kappa shape index (κ2) is 16.1. The quantitative estimate of drug-likeness (QED) is 0.187. The van der Waals surface area contributed by atoms with Crippen LogP contribution in [0, 0.1) is 12.7 Å². The Kier molecular flexibility index (Phi) is 14.4. The molecular formula is C24H30F4N2O5. The summed E-state index contributed by atoms with van der Waals surface area (Å²) in [6.07, 6.45) is -4.89. The van der Waals surface area contributed by atoms with Crippen LogP contribution >= 0.6 is 0 Å². The summed E-state index contributed by atoms with van der Waals surface area (Å²) < 4.78 is 58.4. The second-order valence-electron chi connectivity index (χ2n) is 6.43. The number of oxime groups is 2. The van der Waals surface area contributed by atoms with E-state index in [2.05, 4.69) is 19.8 Å². The zero-order chi connectivity index (χ0) is 27.0. The number of ether oxygens (including phenoxy) is 2. The van der Waals surface area contributed by atoms with Crippen LogP contribution in [-0.2, 0) is 25.8 Å². The van der Waals surface area contributed by atoms with Crippen molar-refractivity contribution in [1.29, 1.82) is 0 Å². The van der Waals surface area contributed by atoms with Gasteiger partial charge in [0.2, 0.25) is 0 Å². The number of carbonyl (C=O) groups excluding carboxylic acids is 1. The van der Waals surface area contributed by atoms with E-state index < -0.39 is 17.9 Å². The molecule has 7 nitrogen and oxygen atoms in total. The monoisotopic (exact) mass is 502 g/mol. The van der Waals surface area contributed by atoms with Gasteiger partial charge in [-0.3, -0.25) is 4.79 Å². The number of aryl methyl sites for hydroxylation is 1. The minimum absolute atomic E-state index is 0.00153. The molecule has 0 heterocycles. The molecule has 0 spiro atoms. The maximum absolute atomic E-state index is 14.1. The standard InChI is InChI=1S/C20H20F4N2O3.C2H4O2.C2H6/c1-12-6-5-7-16(13(2)25-27-4)18(12)11-28-26-14(3)17-9-8-15(10-19(17)21)29-20(22,23)24;1-4-2-3;1-2/h5-10H,11H2,1-4H3;2H,1H3;1-2H3/b25-13-,26-14+;;. The van der Waals surface area contributed by atoms with Gasteiger partial charge in [0, 0.05) is 22.8 Å². The Balaban J connectivity index is 0.00000174. The van der Waals surface area contributed by atoms with Gasteiger partial charge in [0.25, 0.3) is 6.47 Å². The number of hydrogen-bond acceptors (Lipinski definition) is 7. The minimum Gasteiger partial charge on any atom is -0.471 e. The highest BCUT2D eigenvalue weighted by molar-refractivity contribution is 6.00. The van der Waals surface area contributed by atoms with E-state index in [9.17, 15) is 17.6 Å². The number of hydrogen-bond donors (Lipinski definition) is 0. The van der Waals surface area contributed by atoms with Gasteiger partial charge in [0.05, 0.1) is 18.5 Å². The molecule has 11 heteroatoms. The van der Waals surface area contributed by atoms with Crippen LogP contribution in [0.1, 0.15) is 49.9 Å². The molecule has 0 aromatic heterocycles. The lowest BCUT2D eigenvalue weighted by atomic mass is 10.00. The van der Waals surface area contributed by atoms with Crippen molar-refractivity contribution in [2.75, 3.05) is 14.2 Å². The highest BCUT2D eigenvalue weighted by Crippen LogP contribution is 2.25. The Morgan fingerprint density at radius 3 is 2.11 bits per heavy atom. The van der Waals surface area contributed by atoms with Crippen molar-refractivity contribution >= 4 is 17.9 Å². The zero-order valence-corrected chi connectivity index (χ0v) is 20.7. The smallest absolute Gasteiger partial charge is 0.471 e. The third kappa shape index (κ3) is 11.4. The fourth-order valence-electron chi connectivity index (χ4n) is 2.65. The molecule has 0 aliphatic carbocycles. The summed E-state index contributed by atoms with van der Waals surface area (Å²) in [6, 6.07) is 8.43. The normalized spacial score (nSPS) is 11.3. The Hall–Kier alpha value is -3.63. The van der Waals surface area contributed by atoms with Gasteiger partial charge in [-0.1, -0.05) is 42.4 Å². The number of methoxy groups -OCH3 is 1. The first kappa shape index (κ1) is 31.4. The fraction of sp³-hybridized carbons (Fsp3) is 0.375. The third-order valence-electron chi connectivity index (χ3n) is 4.10. The summed E-state index contributed by atoms with van der Waals surface area (Å²) >= 11 is 0. The van der Waals surface area contributed by atoms with Crippen molar-refractivity contribution in [3.63, 3.8) is 0 Å². The number of carbonyl (C=O) groups is 1. The average Bonchev–Trinajstić information content (AvgIpc) is 2.80. The predicted molar refractivity (Wildman–Crippen MR) is 125 cm³/mol. The molecule has 0 amide bonds. The lowest BCUT2D eigenvalue weighted by Crippen LogP contribution is -2.17. The average molecular weight is 503 g/mol. The first-order chi connectivity index (χ1) is 16.5. The lowest BCUT2D eigenvalue weighted by Gasteiger charge is -2.12. The molecule has 35 heavy (non-hydrogen) atoms. The zero-order valence-electron chi connectivity index (χ0n) is 20.7. The lowest BCUT2D eigenvalue weighted by molar-refractivity contribution is -0.274. The van der Waals surface area contributed by atoms with Crippen LogP contribution in [0.15, 0.2) is 46.7 Å². The van der Waals surface area contributed by atoms with Crippen LogP contribution in [0.2, 0.25) is 0 Å². The van der Waals surface area contributed by atoms with E-state index in [4.69, 9.17) is 14.5 Å². The minimum atomic E-state index is -4.89. The van der Waals surface area contributed by atoms with E-state index >= 15 is 0 Å². The molecule has 0 saturated heterocycles. The third-order valence-corrected chi connectivity index (χ3v) is 4.10. The maximum Gasteiger partial charge on any atom is 0.573 e. The Labute approximate surface area is 202 Å². The fourth-order valence-corrected chi connectivity index (χ4v) is 2.65. The van der Waals surface area contributed by atoms with E-state index in [1.807, 2.05) is 39.0 Å². The van der Waals surface area contributed by atoms with Crippen LogP contribution in [0.25, 0.3) is 0 Å². The van der Waals surface area contributed by atoms with Gasteiger partial charge in [-0.05, 0) is 38.5 Å². The van der Waals surface area contributed by atoms with Crippen LogP contribution in [0.4, 0.5) is 17.6 Å². The van der Waals surface area contributed by atoms with Gasteiger partial charge in [-0.2, -0.15) is 0 Å². The molecule has 0 atom stereocenters. The first-order valence-corrected chi connectivity index (χ1v) is 10.4. The highest BCUT2D eigenvalue weighted by atomic mass is 19.4. The van der Waals surface area contributed by atoms with Gasteiger partial charge in [-0.25, -0.2) is 4.39 Å². The van der Waals surface area contributed by atoms with E-state index in [1.165, 1.54) is 21.1 Å². The molecule has 0 saturated carbocycles. The van der Waals surface area contributed by atoms with Crippen LogP contribution in [-0.4, -0.2) is 38.5 Å². The van der Waals surface area contributed by atoms with E-state index in [0.717, 1.165) is 28.8 Å². The number of benzene rings is 2. The van der Waals surface area contributed by atoms with Crippen molar-refractivity contribution in [1.82, 2.24) is 0 Å². The second-order valence-corrected chi connectivity index (χ2v) is 6.43. The van der Waals surface area contributed by atoms with Crippen LogP contribution in [0.3, 0.4) is 0 Å².